The Kier molecular flexibility index (Phi) is 4.18. The van der Waals surface area contributed by atoms with Crippen LogP contribution >= 0.6 is 0 Å². The number of carbonyl (C=O) groups is 1. The Morgan fingerprint density at radius 3 is 2.48 bits per heavy atom. The number of hydrogen-bond donors (Lipinski definition) is 2. The van der Waals surface area contributed by atoms with Crippen LogP contribution in [0.5, 0.6) is 0 Å². The van der Waals surface area contributed by atoms with Gasteiger partial charge in [-0.3, -0.25) is 4.79 Å². The number of anilines is 2. The number of nitriles is 2. The van der Waals surface area contributed by atoms with Crippen molar-refractivity contribution < 1.29 is 4.79 Å². The van der Waals surface area contributed by atoms with Crippen LogP contribution in [-0.2, 0) is 11.2 Å². The van der Waals surface area contributed by atoms with Gasteiger partial charge in [-0.25, -0.2) is 0 Å². The predicted octanol–water partition coefficient (Wildman–Crippen LogP) is 2.19. The highest BCUT2D eigenvalue weighted by Gasteiger charge is 2.08. The Balaban J connectivity index is 2.12. The number of nitrogens with two attached hydrogens (primary N) is 1. The second kappa shape index (κ2) is 6.23. The van der Waals surface area contributed by atoms with Crippen molar-refractivity contribution in [3.63, 3.8) is 0 Å². The lowest BCUT2D eigenvalue weighted by atomic mass is 10.1. The zero-order valence-corrected chi connectivity index (χ0v) is 11.1. The third kappa shape index (κ3) is 3.37. The molecule has 0 aliphatic carbocycles. The van der Waals surface area contributed by atoms with Crippen LogP contribution in [0.15, 0.2) is 42.5 Å². The molecule has 2 aromatic rings. The molecule has 0 saturated carbocycles. The van der Waals surface area contributed by atoms with E-state index in [0.717, 1.165) is 5.56 Å². The number of nitrogens with one attached hydrogen (secondary N) is 1. The van der Waals surface area contributed by atoms with Gasteiger partial charge in [-0.2, -0.15) is 10.5 Å². The third-order valence-corrected chi connectivity index (χ3v) is 2.95. The average Bonchev–Trinajstić information content (AvgIpc) is 2.49. The zero-order valence-electron chi connectivity index (χ0n) is 11.1. The molecular weight excluding hydrogens is 264 g/mol. The molecule has 0 atom stereocenters. The molecule has 0 spiro atoms. The second-order valence-corrected chi connectivity index (χ2v) is 4.41. The summed E-state index contributed by atoms with van der Waals surface area (Å²) in [5.41, 5.74) is 8.08. The molecule has 2 rings (SSSR count). The van der Waals surface area contributed by atoms with E-state index in [1.54, 1.807) is 24.3 Å². The largest absolute Gasteiger partial charge is 0.398 e. The molecule has 0 aromatic heterocycles. The molecule has 102 valence electrons. The van der Waals surface area contributed by atoms with Crippen LogP contribution in [0.25, 0.3) is 0 Å². The Labute approximate surface area is 122 Å². The molecule has 3 N–H and O–H groups in total. The summed E-state index contributed by atoms with van der Waals surface area (Å²) in [7, 11) is 0. The smallest absolute Gasteiger partial charge is 0.228 e. The fraction of sp³-hybridized carbons (Fsp3) is 0.0625. The maximum absolute atomic E-state index is 12.0. The minimum atomic E-state index is -0.235. The van der Waals surface area contributed by atoms with E-state index >= 15 is 0 Å². The van der Waals surface area contributed by atoms with E-state index in [1.165, 1.54) is 12.1 Å². The molecule has 0 radical (unpaired) electrons. The molecule has 0 aliphatic heterocycles. The number of rotatable bonds is 3. The minimum absolute atomic E-state index is 0.147. The Bertz CT molecular complexity index is 769. The lowest BCUT2D eigenvalue weighted by Gasteiger charge is -2.08. The molecular formula is C16H12N4O. The maximum Gasteiger partial charge on any atom is 0.228 e. The topological polar surface area (TPSA) is 103 Å². The SMILES string of the molecule is N#Cc1ccc(NC(=O)Cc2ccccc2N)cc1C#N. The molecule has 0 unspecified atom stereocenters. The maximum atomic E-state index is 12.0. The zero-order chi connectivity index (χ0) is 15.2. The number of hydrogen-bond acceptors (Lipinski definition) is 4. The number of amides is 1. The fourth-order valence-electron chi connectivity index (χ4n) is 1.89. The molecule has 5 nitrogen and oxygen atoms in total. The molecule has 21 heavy (non-hydrogen) atoms. The van der Waals surface area contributed by atoms with Crippen LogP contribution in [0.2, 0.25) is 0 Å². The molecule has 5 heteroatoms. The van der Waals surface area contributed by atoms with Crippen LogP contribution < -0.4 is 11.1 Å². The summed E-state index contributed by atoms with van der Waals surface area (Å²) in [4.78, 5) is 12.0. The van der Waals surface area contributed by atoms with Gasteiger partial charge in [0.15, 0.2) is 0 Å². The molecule has 2 aromatic carbocycles. The van der Waals surface area contributed by atoms with Gasteiger partial charge in [0.1, 0.15) is 12.1 Å². The van der Waals surface area contributed by atoms with Gasteiger partial charge in [0.05, 0.1) is 17.5 Å². The number of benzene rings is 2. The lowest BCUT2D eigenvalue weighted by molar-refractivity contribution is -0.115. The van der Waals surface area contributed by atoms with Gasteiger partial charge >= 0.3 is 0 Å². The number of carbonyl (C=O) groups excluding carboxylic acids is 1. The van der Waals surface area contributed by atoms with Crippen molar-refractivity contribution in [2.24, 2.45) is 0 Å². The lowest BCUT2D eigenvalue weighted by Crippen LogP contribution is -2.15. The molecule has 1 amide bonds. The van der Waals surface area contributed by atoms with Crippen molar-refractivity contribution >= 4 is 17.3 Å². The molecule has 0 heterocycles. The van der Waals surface area contributed by atoms with Crippen LogP contribution in [0.3, 0.4) is 0 Å². The van der Waals surface area contributed by atoms with Crippen molar-refractivity contribution in [2.75, 3.05) is 11.1 Å². The summed E-state index contributed by atoms with van der Waals surface area (Å²) in [6.45, 7) is 0. The average molecular weight is 276 g/mol. The quantitative estimate of drug-likeness (QED) is 0.838. The first-order valence-electron chi connectivity index (χ1n) is 6.21. The summed E-state index contributed by atoms with van der Waals surface area (Å²) in [5, 5.41) is 20.5. The van der Waals surface area contributed by atoms with Gasteiger partial charge in [0.25, 0.3) is 0 Å². The normalized spacial score (nSPS) is 9.43. The predicted molar refractivity (Wildman–Crippen MR) is 79.1 cm³/mol. The van der Waals surface area contributed by atoms with E-state index in [4.69, 9.17) is 16.3 Å². The van der Waals surface area contributed by atoms with Crippen molar-refractivity contribution in [3.8, 4) is 12.1 Å². The summed E-state index contributed by atoms with van der Waals surface area (Å²) >= 11 is 0. The van der Waals surface area contributed by atoms with E-state index in [1.807, 2.05) is 18.2 Å². The van der Waals surface area contributed by atoms with E-state index < -0.39 is 0 Å². The molecule has 0 fully saturated rings. The summed E-state index contributed by atoms with van der Waals surface area (Å²) in [5.74, 6) is -0.235. The van der Waals surface area contributed by atoms with Gasteiger partial charge in [0.2, 0.25) is 5.91 Å². The molecule has 0 saturated heterocycles. The van der Waals surface area contributed by atoms with Gasteiger partial charge in [0, 0.05) is 11.4 Å². The van der Waals surface area contributed by atoms with Crippen molar-refractivity contribution in [2.45, 2.75) is 6.42 Å². The number of nitrogens with zero attached hydrogens (tertiary/aromatic N) is 2. The molecule has 0 aliphatic rings. The van der Waals surface area contributed by atoms with Crippen LogP contribution in [-0.4, -0.2) is 5.91 Å². The van der Waals surface area contributed by atoms with Gasteiger partial charge in [-0.05, 0) is 29.8 Å². The van der Waals surface area contributed by atoms with E-state index in [9.17, 15) is 4.79 Å². The minimum Gasteiger partial charge on any atom is -0.398 e. The van der Waals surface area contributed by atoms with Crippen LogP contribution in [0.4, 0.5) is 11.4 Å². The monoisotopic (exact) mass is 276 g/mol. The van der Waals surface area contributed by atoms with Crippen molar-refractivity contribution in [1.82, 2.24) is 0 Å². The van der Waals surface area contributed by atoms with Crippen molar-refractivity contribution in [1.29, 1.82) is 10.5 Å². The number of para-hydroxylation sites is 1. The second-order valence-electron chi connectivity index (χ2n) is 4.41. The first kappa shape index (κ1) is 14.1. The Morgan fingerprint density at radius 2 is 1.81 bits per heavy atom. The number of nitrogen functional groups attached to an aromatic ring is 1. The van der Waals surface area contributed by atoms with Crippen molar-refractivity contribution in [3.05, 3.63) is 59.2 Å². The standard InChI is InChI=1S/C16H12N4O/c17-9-12-5-6-14(7-13(12)10-18)20-16(21)8-11-3-1-2-4-15(11)19/h1-7H,8,19H2,(H,20,21). The first-order valence-corrected chi connectivity index (χ1v) is 6.21. The fourth-order valence-corrected chi connectivity index (χ4v) is 1.89. The highest BCUT2D eigenvalue weighted by molar-refractivity contribution is 5.93. The highest BCUT2D eigenvalue weighted by Crippen LogP contribution is 2.16. The highest BCUT2D eigenvalue weighted by atomic mass is 16.1. The van der Waals surface area contributed by atoms with Gasteiger partial charge < -0.3 is 11.1 Å². The summed E-state index contributed by atoms with van der Waals surface area (Å²) < 4.78 is 0. The Hall–Kier alpha value is -3.31. The van der Waals surface area contributed by atoms with Crippen LogP contribution in [0.1, 0.15) is 16.7 Å². The summed E-state index contributed by atoms with van der Waals surface area (Å²) in [6.07, 6.45) is 0.147. The molecule has 0 bridgehead atoms. The Morgan fingerprint density at radius 1 is 1.10 bits per heavy atom. The van der Waals surface area contributed by atoms with E-state index in [0.29, 0.717) is 11.4 Å². The van der Waals surface area contributed by atoms with Crippen LogP contribution in [0, 0.1) is 22.7 Å². The van der Waals surface area contributed by atoms with E-state index in [2.05, 4.69) is 5.32 Å². The third-order valence-electron chi connectivity index (χ3n) is 2.95. The van der Waals surface area contributed by atoms with Gasteiger partial charge in [-0.15, -0.1) is 0 Å². The van der Waals surface area contributed by atoms with Gasteiger partial charge in [-0.1, -0.05) is 18.2 Å². The van der Waals surface area contributed by atoms with E-state index in [-0.39, 0.29) is 23.5 Å². The first-order chi connectivity index (χ1) is 10.1. The summed E-state index contributed by atoms with van der Waals surface area (Å²) in [6, 6.07) is 15.6.